The lowest BCUT2D eigenvalue weighted by Gasteiger charge is -2.40. The Hall–Kier alpha value is -1.75. The maximum Gasteiger partial charge on any atom is 0.231 e. The number of fused-ring (bicyclic) bond motifs is 1. The number of hydrogen-bond acceptors (Lipinski definition) is 4. The molecule has 5 heteroatoms. The van der Waals surface area contributed by atoms with Gasteiger partial charge in [0, 0.05) is 26.1 Å². The number of ether oxygens (including phenoxy) is 3. The molecule has 0 saturated carbocycles. The number of carbonyl (C=O) groups is 1. The van der Waals surface area contributed by atoms with E-state index in [0.29, 0.717) is 33.0 Å². The van der Waals surface area contributed by atoms with Gasteiger partial charge in [-0.15, -0.1) is 0 Å². The van der Waals surface area contributed by atoms with E-state index in [1.807, 2.05) is 17.9 Å². The minimum Gasteiger partial charge on any atom is -0.454 e. The molecule has 1 aromatic carbocycles. The molecule has 1 amide bonds. The van der Waals surface area contributed by atoms with Crippen LogP contribution in [0.25, 0.3) is 0 Å². The van der Waals surface area contributed by atoms with E-state index in [2.05, 4.69) is 19.1 Å². The van der Waals surface area contributed by atoms with Crippen LogP contribution in [-0.2, 0) is 16.0 Å². The summed E-state index contributed by atoms with van der Waals surface area (Å²) in [6, 6.07) is 6.14. The molecular formula is C18H25NO4. The van der Waals surface area contributed by atoms with Crippen molar-refractivity contribution in [3.8, 4) is 11.5 Å². The van der Waals surface area contributed by atoms with E-state index in [1.165, 1.54) is 5.56 Å². The normalized spacial score (nSPS) is 23.4. The third-order valence-corrected chi connectivity index (χ3v) is 4.65. The van der Waals surface area contributed by atoms with Crippen molar-refractivity contribution in [1.29, 1.82) is 0 Å². The highest BCUT2D eigenvalue weighted by molar-refractivity contribution is 5.77. The minimum absolute atomic E-state index is 0.0911. The van der Waals surface area contributed by atoms with Gasteiger partial charge < -0.3 is 19.1 Å². The van der Waals surface area contributed by atoms with Gasteiger partial charge in [-0.2, -0.15) is 0 Å². The number of amides is 1. The van der Waals surface area contributed by atoms with Crippen LogP contribution in [0.5, 0.6) is 11.5 Å². The topological polar surface area (TPSA) is 48.0 Å². The number of piperidine rings is 1. The highest BCUT2D eigenvalue weighted by atomic mass is 16.7. The lowest BCUT2D eigenvalue weighted by molar-refractivity contribution is -0.138. The van der Waals surface area contributed by atoms with E-state index in [4.69, 9.17) is 14.2 Å². The summed E-state index contributed by atoms with van der Waals surface area (Å²) < 4.78 is 16.2. The van der Waals surface area contributed by atoms with Gasteiger partial charge in [-0.05, 0) is 42.9 Å². The first-order chi connectivity index (χ1) is 11.1. The quantitative estimate of drug-likeness (QED) is 0.756. The number of likely N-dealkylation sites (tertiary alicyclic amines) is 1. The van der Waals surface area contributed by atoms with Crippen molar-refractivity contribution < 1.29 is 19.0 Å². The van der Waals surface area contributed by atoms with Crippen LogP contribution in [0.15, 0.2) is 18.2 Å². The third kappa shape index (κ3) is 3.78. The van der Waals surface area contributed by atoms with Crippen LogP contribution >= 0.6 is 0 Å². The summed E-state index contributed by atoms with van der Waals surface area (Å²) in [5.74, 6) is 1.88. The second-order valence-electron chi connectivity index (χ2n) is 6.69. The van der Waals surface area contributed by atoms with Crippen molar-refractivity contribution in [3.05, 3.63) is 23.8 Å². The molecule has 126 valence electrons. The maximum absolute atomic E-state index is 12.1. The van der Waals surface area contributed by atoms with Gasteiger partial charge in [0.2, 0.25) is 12.7 Å². The van der Waals surface area contributed by atoms with Crippen LogP contribution in [0.4, 0.5) is 0 Å². The highest BCUT2D eigenvalue weighted by Gasteiger charge is 2.35. The second kappa shape index (κ2) is 6.79. The van der Waals surface area contributed by atoms with Crippen LogP contribution in [-0.4, -0.2) is 43.9 Å². The van der Waals surface area contributed by atoms with Gasteiger partial charge >= 0.3 is 0 Å². The molecule has 1 fully saturated rings. The fourth-order valence-corrected chi connectivity index (χ4v) is 3.41. The van der Waals surface area contributed by atoms with Crippen LogP contribution in [0.1, 0.15) is 32.3 Å². The minimum atomic E-state index is 0.0911. The molecular weight excluding hydrogens is 294 g/mol. The first-order valence-corrected chi connectivity index (χ1v) is 8.34. The van der Waals surface area contributed by atoms with Gasteiger partial charge in [0.05, 0.1) is 6.61 Å². The summed E-state index contributed by atoms with van der Waals surface area (Å²) in [6.45, 7) is 7.31. The van der Waals surface area contributed by atoms with Gasteiger partial charge in [0.15, 0.2) is 11.5 Å². The molecule has 0 aliphatic carbocycles. The van der Waals surface area contributed by atoms with Crippen LogP contribution in [0, 0.1) is 5.41 Å². The van der Waals surface area contributed by atoms with Crippen molar-refractivity contribution in [2.45, 2.75) is 33.1 Å². The smallest absolute Gasteiger partial charge is 0.231 e. The van der Waals surface area contributed by atoms with E-state index in [9.17, 15) is 4.79 Å². The average Bonchev–Trinajstić information content (AvgIpc) is 2.99. The molecule has 0 aromatic heterocycles. The summed E-state index contributed by atoms with van der Waals surface area (Å²) in [5, 5.41) is 0. The van der Waals surface area contributed by atoms with Gasteiger partial charge in [-0.25, -0.2) is 0 Å². The predicted octanol–water partition coefficient (Wildman–Crippen LogP) is 2.62. The SMILES string of the molecule is CCOCCN1CC(C)(Cc2ccc3c(c2)OCO3)CCC1=O. The Kier molecular flexibility index (Phi) is 4.76. The van der Waals surface area contributed by atoms with Gasteiger partial charge in [-0.1, -0.05) is 13.0 Å². The summed E-state index contributed by atoms with van der Waals surface area (Å²) in [6.07, 6.45) is 2.47. The molecule has 0 N–H and O–H groups in total. The molecule has 0 bridgehead atoms. The zero-order valence-electron chi connectivity index (χ0n) is 14.0. The zero-order chi connectivity index (χ0) is 16.3. The fraction of sp³-hybridized carbons (Fsp3) is 0.611. The lowest BCUT2D eigenvalue weighted by atomic mass is 9.76. The zero-order valence-corrected chi connectivity index (χ0v) is 14.0. The van der Waals surface area contributed by atoms with E-state index < -0.39 is 0 Å². The summed E-state index contributed by atoms with van der Waals surface area (Å²) in [4.78, 5) is 14.1. The molecule has 2 aliphatic heterocycles. The second-order valence-corrected chi connectivity index (χ2v) is 6.69. The maximum atomic E-state index is 12.1. The fourth-order valence-electron chi connectivity index (χ4n) is 3.41. The van der Waals surface area contributed by atoms with E-state index in [-0.39, 0.29) is 11.3 Å². The lowest BCUT2D eigenvalue weighted by Crippen LogP contribution is -2.47. The van der Waals surface area contributed by atoms with Crippen molar-refractivity contribution >= 4 is 5.91 Å². The van der Waals surface area contributed by atoms with E-state index in [0.717, 1.165) is 30.9 Å². The van der Waals surface area contributed by atoms with Crippen LogP contribution in [0.2, 0.25) is 0 Å². The number of nitrogens with zero attached hydrogens (tertiary/aromatic N) is 1. The molecule has 3 rings (SSSR count). The Morgan fingerprint density at radius 3 is 2.96 bits per heavy atom. The molecule has 23 heavy (non-hydrogen) atoms. The van der Waals surface area contributed by atoms with Gasteiger partial charge in [-0.3, -0.25) is 4.79 Å². The number of rotatable bonds is 6. The third-order valence-electron chi connectivity index (χ3n) is 4.65. The standard InChI is InChI=1S/C18H25NO4/c1-3-21-9-8-19-12-18(2,7-6-17(19)20)11-14-4-5-15-16(10-14)23-13-22-15/h4-5,10H,3,6-9,11-13H2,1-2H3. The van der Waals surface area contributed by atoms with Crippen molar-refractivity contribution in [3.63, 3.8) is 0 Å². The van der Waals surface area contributed by atoms with E-state index >= 15 is 0 Å². The molecule has 1 saturated heterocycles. The number of benzene rings is 1. The largest absolute Gasteiger partial charge is 0.454 e. The Morgan fingerprint density at radius 2 is 2.13 bits per heavy atom. The molecule has 1 aromatic rings. The number of hydrogen-bond donors (Lipinski definition) is 0. The van der Waals surface area contributed by atoms with Crippen molar-refractivity contribution in [1.82, 2.24) is 4.90 Å². The monoisotopic (exact) mass is 319 g/mol. The van der Waals surface area contributed by atoms with Crippen molar-refractivity contribution in [2.75, 3.05) is 33.1 Å². The molecule has 1 unspecified atom stereocenters. The average molecular weight is 319 g/mol. The Labute approximate surface area is 137 Å². The molecule has 0 spiro atoms. The van der Waals surface area contributed by atoms with E-state index in [1.54, 1.807) is 0 Å². The van der Waals surface area contributed by atoms with Crippen molar-refractivity contribution in [2.24, 2.45) is 5.41 Å². The molecule has 5 nitrogen and oxygen atoms in total. The molecule has 0 radical (unpaired) electrons. The summed E-state index contributed by atoms with van der Waals surface area (Å²) in [5.41, 5.74) is 1.32. The molecule has 1 atom stereocenters. The number of carbonyl (C=O) groups excluding carboxylic acids is 1. The van der Waals surface area contributed by atoms with Crippen LogP contribution in [0.3, 0.4) is 0 Å². The predicted molar refractivity (Wildman–Crippen MR) is 86.7 cm³/mol. The summed E-state index contributed by atoms with van der Waals surface area (Å²) >= 11 is 0. The first-order valence-electron chi connectivity index (χ1n) is 8.34. The molecule has 2 aliphatic rings. The Morgan fingerprint density at radius 1 is 1.30 bits per heavy atom. The van der Waals surface area contributed by atoms with Gasteiger partial charge in [0.25, 0.3) is 0 Å². The Bertz CT molecular complexity index is 574. The Balaban J connectivity index is 1.65. The molecule has 2 heterocycles. The first kappa shape index (κ1) is 16.1. The van der Waals surface area contributed by atoms with Gasteiger partial charge in [0.1, 0.15) is 0 Å². The van der Waals surface area contributed by atoms with Crippen LogP contribution < -0.4 is 9.47 Å². The summed E-state index contributed by atoms with van der Waals surface area (Å²) in [7, 11) is 0. The highest BCUT2D eigenvalue weighted by Crippen LogP contribution is 2.37.